The Morgan fingerprint density at radius 3 is 2.81 bits per heavy atom. The molecule has 16 heavy (non-hydrogen) atoms. The second-order valence-corrected chi connectivity index (χ2v) is 5.11. The summed E-state index contributed by atoms with van der Waals surface area (Å²) in [6.45, 7) is 10.0. The fraction of sp³-hybridized carbons (Fsp3) is 0.429. The molecule has 0 amide bonds. The number of benzene rings is 1. The lowest BCUT2D eigenvalue weighted by Crippen LogP contribution is -2.16. The fourth-order valence-electron chi connectivity index (χ4n) is 1.46. The second-order valence-electron chi connectivity index (χ2n) is 3.96. The first-order valence-electron chi connectivity index (χ1n) is 5.69. The lowest BCUT2D eigenvalue weighted by molar-refractivity contribution is 0.731. The zero-order chi connectivity index (χ0) is 11.8. The SMILES string of the molecule is C=CCSCCNCc1ccc(C)c(C)c1. The van der Waals surface area contributed by atoms with Crippen LogP contribution in [0.5, 0.6) is 0 Å². The monoisotopic (exact) mass is 235 g/mol. The lowest BCUT2D eigenvalue weighted by atomic mass is 10.1. The molecule has 0 aliphatic rings. The van der Waals surface area contributed by atoms with Gasteiger partial charge in [0.2, 0.25) is 0 Å². The van der Waals surface area contributed by atoms with Gasteiger partial charge < -0.3 is 5.32 Å². The summed E-state index contributed by atoms with van der Waals surface area (Å²) in [5, 5.41) is 3.45. The zero-order valence-electron chi connectivity index (χ0n) is 10.3. The Bertz CT molecular complexity index is 334. The highest BCUT2D eigenvalue weighted by atomic mass is 32.2. The molecule has 0 unspecified atom stereocenters. The van der Waals surface area contributed by atoms with Gasteiger partial charge in [0.05, 0.1) is 0 Å². The molecule has 0 saturated heterocycles. The minimum absolute atomic E-state index is 0.968. The minimum Gasteiger partial charge on any atom is -0.312 e. The van der Waals surface area contributed by atoms with Crippen molar-refractivity contribution in [3.63, 3.8) is 0 Å². The molecule has 0 atom stereocenters. The fourth-order valence-corrected chi connectivity index (χ4v) is 2.08. The number of hydrogen-bond acceptors (Lipinski definition) is 2. The van der Waals surface area contributed by atoms with Crippen LogP contribution in [0.15, 0.2) is 30.9 Å². The summed E-state index contributed by atoms with van der Waals surface area (Å²) in [6, 6.07) is 6.66. The highest BCUT2D eigenvalue weighted by Crippen LogP contribution is 2.09. The van der Waals surface area contributed by atoms with Crippen molar-refractivity contribution in [1.29, 1.82) is 0 Å². The van der Waals surface area contributed by atoms with Gasteiger partial charge in [0.15, 0.2) is 0 Å². The Morgan fingerprint density at radius 1 is 1.31 bits per heavy atom. The van der Waals surface area contributed by atoms with Crippen molar-refractivity contribution in [2.24, 2.45) is 0 Å². The highest BCUT2D eigenvalue weighted by Gasteiger charge is 1.95. The molecule has 88 valence electrons. The number of rotatable bonds is 7. The topological polar surface area (TPSA) is 12.0 Å². The average molecular weight is 235 g/mol. The van der Waals surface area contributed by atoms with Crippen LogP contribution in [0.3, 0.4) is 0 Å². The van der Waals surface area contributed by atoms with E-state index in [0.717, 1.165) is 24.6 Å². The normalized spacial score (nSPS) is 10.4. The van der Waals surface area contributed by atoms with Gasteiger partial charge in [-0.1, -0.05) is 24.3 Å². The molecule has 1 N–H and O–H groups in total. The number of aryl methyl sites for hydroxylation is 2. The first-order valence-corrected chi connectivity index (χ1v) is 6.85. The van der Waals surface area contributed by atoms with E-state index in [-0.39, 0.29) is 0 Å². The summed E-state index contributed by atoms with van der Waals surface area (Å²) in [5.41, 5.74) is 4.11. The Kier molecular flexibility index (Phi) is 6.27. The maximum Gasteiger partial charge on any atom is 0.0205 e. The van der Waals surface area contributed by atoms with Gasteiger partial charge in [0, 0.05) is 24.6 Å². The van der Waals surface area contributed by atoms with E-state index in [9.17, 15) is 0 Å². The molecular weight excluding hydrogens is 214 g/mol. The molecule has 1 nitrogen and oxygen atoms in total. The first kappa shape index (κ1) is 13.3. The van der Waals surface area contributed by atoms with Crippen molar-refractivity contribution in [2.45, 2.75) is 20.4 Å². The van der Waals surface area contributed by atoms with E-state index in [2.05, 4.69) is 43.9 Å². The molecule has 1 aromatic carbocycles. The smallest absolute Gasteiger partial charge is 0.0205 e. The van der Waals surface area contributed by atoms with Crippen LogP contribution in [0, 0.1) is 13.8 Å². The summed E-state index contributed by atoms with van der Waals surface area (Å²) in [7, 11) is 0. The molecule has 0 bridgehead atoms. The lowest BCUT2D eigenvalue weighted by Gasteiger charge is -2.06. The van der Waals surface area contributed by atoms with Crippen molar-refractivity contribution in [3.8, 4) is 0 Å². The quantitative estimate of drug-likeness (QED) is 0.575. The Labute approximate surface area is 103 Å². The predicted molar refractivity (Wildman–Crippen MR) is 75.1 cm³/mol. The predicted octanol–water partition coefficient (Wildman–Crippen LogP) is 3.31. The molecule has 0 radical (unpaired) electrons. The molecule has 0 spiro atoms. The maximum atomic E-state index is 3.70. The Morgan fingerprint density at radius 2 is 2.12 bits per heavy atom. The number of thioether (sulfide) groups is 1. The highest BCUT2D eigenvalue weighted by molar-refractivity contribution is 7.99. The van der Waals surface area contributed by atoms with Crippen molar-refractivity contribution in [1.82, 2.24) is 5.32 Å². The van der Waals surface area contributed by atoms with E-state index < -0.39 is 0 Å². The van der Waals surface area contributed by atoms with Crippen LogP contribution in [0.4, 0.5) is 0 Å². The molecule has 0 saturated carbocycles. The molecule has 0 heterocycles. The average Bonchev–Trinajstić information content (AvgIpc) is 2.28. The van der Waals surface area contributed by atoms with Crippen LogP contribution < -0.4 is 5.32 Å². The van der Waals surface area contributed by atoms with Gasteiger partial charge >= 0.3 is 0 Å². The molecule has 0 aliphatic carbocycles. The van der Waals surface area contributed by atoms with Crippen molar-refractivity contribution >= 4 is 11.8 Å². The van der Waals surface area contributed by atoms with Crippen molar-refractivity contribution < 1.29 is 0 Å². The third-order valence-corrected chi connectivity index (χ3v) is 3.52. The standard InChI is InChI=1S/C14H21NS/c1-4-8-16-9-7-15-11-14-6-5-12(2)13(3)10-14/h4-6,10,15H,1,7-9,11H2,2-3H3. The van der Waals surface area contributed by atoms with E-state index in [0.29, 0.717) is 0 Å². The van der Waals surface area contributed by atoms with Gasteiger partial charge in [-0.05, 0) is 30.5 Å². The molecule has 1 rings (SSSR count). The van der Waals surface area contributed by atoms with Gasteiger partial charge in [-0.3, -0.25) is 0 Å². The van der Waals surface area contributed by atoms with Crippen LogP contribution >= 0.6 is 11.8 Å². The van der Waals surface area contributed by atoms with Gasteiger partial charge in [-0.15, -0.1) is 6.58 Å². The largest absolute Gasteiger partial charge is 0.312 e. The molecule has 1 aromatic rings. The van der Waals surface area contributed by atoms with Gasteiger partial charge in [0.25, 0.3) is 0 Å². The van der Waals surface area contributed by atoms with Gasteiger partial charge in [-0.2, -0.15) is 11.8 Å². The summed E-state index contributed by atoms with van der Waals surface area (Å²) in [6.07, 6.45) is 1.95. The summed E-state index contributed by atoms with van der Waals surface area (Å²) in [4.78, 5) is 0. The Balaban J connectivity index is 2.21. The van der Waals surface area contributed by atoms with Gasteiger partial charge in [0.1, 0.15) is 0 Å². The zero-order valence-corrected chi connectivity index (χ0v) is 11.1. The van der Waals surface area contributed by atoms with E-state index >= 15 is 0 Å². The summed E-state index contributed by atoms with van der Waals surface area (Å²) < 4.78 is 0. The van der Waals surface area contributed by atoms with E-state index in [4.69, 9.17) is 0 Å². The third kappa shape index (κ3) is 4.86. The Hall–Kier alpha value is -0.730. The van der Waals surface area contributed by atoms with Crippen molar-refractivity contribution in [3.05, 3.63) is 47.5 Å². The van der Waals surface area contributed by atoms with Crippen LogP contribution in [0.2, 0.25) is 0 Å². The van der Waals surface area contributed by atoms with E-state index in [1.807, 2.05) is 17.8 Å². The van der Waals surface area contributed by atoms with Crippen LogP contribution in [0.1, 0.15) is 16.7 Å². The molecule has 0 aliphatic heterocycles. The number of hydrogen-bond donors (Lipinski definition) is 1. The first-order chi connectivity index (χ1) is 7.74. The summed E-state index contributed by atoms with van der Waals surface area (Å²) in [5.74, 6) is 2.20. The van der Waals surface area contributed by atoms with Crippen molar-refractivity contribution in [2.75, 3.05) is 18.1 Å². The van der Waals surface area contributed by atoms with Gasteiger partial charge in [-0.25, -0.2) is 0 Å². The molecule has 0 aromatic heterocycles. The summed E-state index contributed by atoms with van der Waals surface area (Å²) >= 11 is 1.91. The van der Waals surface area contributed by atoms with Crippen LogP contribution in [-0.2, 0) is 6.54 Å². The molecule has 0 fully saturated rings. The second kappa shape index (κ2) is 7.53. The maximum absolute atomic E-state index is 3.70. The van der Waals surface area contributed by atoms with E-state index in [1.54, 1.807) is 0 Å². The molecule has 2 heteroatoms. The van der Waals surface area contributed by atoms with Crippen LogP contribution in [-0.4, -0.2) is 18.1 Å². The number of nitrogens with one attached hydrogen (secondary N) is 1. The molecular formula is C14H21NS. The van der Waals surface area contributed by atoms with E-state index in [1.165, 1.54) is 16.7 Å². The third-order valence-electron chi connectivity index (χ3n) is 2.56. The minimum atomic E-state index is 0.968. The van der Waals surface area contributed by atoms with Crippen LogP contribution in [0.25, 0.3) is 0 Å².